The van der Waals surface area contributed by atoms with Gasteiger partial charge in [-0.3, -0.25) is 0 Å². The molecule has 2 heterocycles. The fraction of sp³-hybridized carbons (Fsp3) is 0.214. The van der Waals surface area contributed by atoms with Gasteiger partial charge in [0.15, 0.2) is 15.0 Å². The minimum Gasteiger partial charge on any atom is -0.497 e. The summed E-state index contributed by atoms with van der Waals surface area (Å²) in [4.78, 5) is 16.3. The maximum atomic E-state index is 15.9. The number of nitrogens with zero attached hydrogens (tertiary/aromatic N) is 6. The van der Waals surface area contributed by atoms with Crippen molar-refractivity contribution in [2.45, 2.75) is 29.4 Å². The summed E-state index contributed by atoms with van der Waals surface area (Å²) in [6, 6.07) is 29.0. The molecule has 0 bridgehead atoms. The van der Waals surface area contributed by atoms with Crippen molar-refractivity contribution in [1.82, 2.24) is 34.8 Å². The summed E-state index contributed by atoms with van der Waals surface area (Å²) in [5.74, 6) is 0.810. The molecule has 1 amide bonds. The number of aromatic nitrogens is 5. The summed E-state index contributed by atoms with van der Waals surface area (Å²) >= 11 is 1.38. The minimum atomic E-state index is -4.91. The maximum absolute atomic E-state index is 15.9. The summed E-state index contributed by atoms with van der Waals surface area (Å²) in [6.07, 6.45) is -1.44. The second kappa shape index (κ2) is 18.6. The normalized spacial score (nSPS) is 11.8. The zero-order valence-corrected chi connectivity index (χ0v) is 36.4. The molecular weight excluding hydrogens is 857 g/mol. The van der Waals surface area contributed by atoms with Crippen molar-refractivity contribution in [3.8, 4) is 39.8 Å². The van der Waals surface area contributed by atoms with Crippen LogP contribution < -0.4 is 24.8 Å². The van der Waals surface area contributed by atoms with Crippen LogP contribution in [0.4, 0.5) is 9.93 Å². The van der Waals surface area contributed by atoms with E-state index in [0.29, 0.717) is 44.6 Å². The van der Waals surface area contributed by atoms with E-state index in [1.807, 2.05) is 18.2 Å². The molecule has 20 heteroatoms. The van der Waals surface area contributed by atoms with E-state index in [4.69, 9.17) is 24.3 Å². The number of anilines is 1. The molecule has 0 fully saturated rings. The summed E-state index contributed by atoms with van der Waals surface area (Å²) in [5.41, 5.74) is 3.05. The first-order valence-corrected chi connectivity index (χ1v) is 22.9. The number of carbonyl (C=O) groups is 1. The van der Waals surface area contributed by atoms with Crippen LogP contribution in [-0.4, -0.2) is 98.2 Å². The SMILES string of the molecule is CNc1nc2c(-c3ccc(S(=O)(=O)CCNC(=O)O)c(S(=O)(=O)N(Cc4ccc(OC)cc4)Cc4ccc(OC)cc4)c3-c3nnn(Cc4ccc(OC)cc4)n3)cccc2s1. The van der Waals surface area contributed by atoms with E-state index in [-0.39, 0.29) is 36.6 Å². The van der Waals surface area contributed by atoms with Gasteiger partial charge in [0.05, 0.1) is 54.3 Å². The average molecular weight is 899 g/mol. The van der Waals surface area contributed by atoms with Gasteiger partial charge in [-0.05, 0) is 76.0 Å². The second-order valence-electron chi connectivity index (χ2n) is 13.7. The maximum Gasteiger partial charge on any atom is 0.404 e. The molecule has 17 nitrogen and oxygen atoms in total. The number of amides is 1. The molecule has 322 valence electrons. The van der Waals surface area contributed by atoms with Crippen LogP contribution in [0, 0.1) is 0 Å². The Morgan fingerprint density at radius 3 is 1.90 bits per heavy atom. The number of sulfone groups is 1. The fourth-order valence-electron chi connectivity index (χ4n) is 6.71. The van der Waals surface area contributed by atoms with Crippen LogP contribution >= 0.6 is 11.3 Å². The van der Waals surface area contributed by atoms with Crippen LogP contribution in [0.15, 0.2) is 113 Å². The largest absolute Gasteiger partial charge is 0.497 e. The Balaban J connectivity index is 1.51. The van der Waals surface area contributed by atoms with Gasteiger partial charge in [-0.15, -0.1) is 10.2 Å². The fourth-order valence-corrected chi connectivity index (χ4v) is 11.2. The van der Waals surface area contributed by atoms with Gasteiger partial charge >= 0.3 is 6.09 Å². The number of ether oxygens (including phenoxy) is 3. The van der Waals surface area contributed by atoms with E-state index in [1.54, 1.807) is 87.0 Å². The summed E-state index contributed by atoms with van der Waals surface area (Å²) in [5, 5.41) is 28.4. The number of nitrogens with one attached hydrogen (secondary N) is 2. The Bertz CT molecular complexity index is 2870. The third-order valence-corrected chi connectivity index (χ3v) is 14.6. The van der Waals surface area contributed by atoms with Crippen LogP contribution in [0.25, 0.3) is 32.7 Å². The Morgan fingerprint density at radius 1 is 0.774 bits per heavy atom. The topological polar surface area (TPSA) is 217 Å². The molecule has 0 radical (unpaired) electrons. The lowest BCUT2D eigenvalue weighted by molar-refractivity contribution is 0.195. The third kappa shape index (κ3) is 9.47. The molecule has 0 aliphatic rings. The number of hydrogen-bond acceptors (Lipinski definition) is 14. The lowest BCUT2D eigenvalue weighted by Crippen LogP contribution is -2.33. The molecule has 3 N–H and O–H groups in total. The highest BCUT2D eigenvalue weighted by Crippen LogP contribution is 2.44. The third-order valence-electron chi connectivity index (χ3n) is 9.82. The highest BCUT2D eigenvalue weighted by Gasteiger charge is 2.38. The molecule has 0 saturated heterocycles. The van der Waals surface area contributed by atoms with Crippen molar-refractivity contribution >= 4 is 52.6 Å². The molecule has 62 heavy (non-hydrogen) atoms. The van der Waals surface area contributed by atoms with Gasteiger partial charge in [0, 0.05) is 32.2 Å². The Morgan fingerprint density at radius 2 is 1.35 bits per heavy atom. The molecule has 2 aromatic heterocycles. The molecule has 0 atom stereocenters. The van der Waals surface area contributed by atoms with Crippen LogP contribution in [-0.2, 0) is 39.5 Å². The van der Waals surface area contributed by atoms with E-state index in [9.17, 15) is 18.3 Å². The lowest BCUT2D eigenvalue weighted by Gasteiger charge is -2.26. The molecule has 0 saturated carbocycles. The number of methoxy groups -OCH3 is 3. The Labute approximate surface area is 361 Å². The number of benzene rings is 5. The van der Waals surface area contributed by atoms with Crippen LogP contribution in [0.3, 0.4) is 0 Å². The molecule has 0 unspecified atom stereocenters. The number of thiazole rings is 1. The van der Waals surface area contributed by atoms with E-state index >= 15 is 8.42 Å². The van der Waals surface area contributed by atoms with Gasteiger partial charge in [0.1, 0.15) is 22.1 Å². The number of carboxylic acid groups (broad SMARTS) is 1. The van der Waals surface area contributed by atoms with Crippen LogP contribution in [0.5, 0.6) is 17.2 Å². The first-order chi connectivity index (χ1) is 29.8. The van der Waals surface area contributed by atoms with Crippen molar-refractivity contribution in [1.29, 1.82) is 0 Å². The first kappa shape index (κ1) is 43.5. The minimum absolute atomic E-state index is 0.127. The van der Waals surface area contributed by atoms with Gasteiger partial charge in [0.25, 0.3) is 0 Å². The molecule has 0 spiro atoms. The lowest BCUT2D eigenvalue weighted by atomic mass is 9.98. The number of sulfonamides is 1. The van der Waals surface area contributed by atoms with Gasteiger partial charge in [-0.2, -0.15) is 9.10 Å². The van der Waals surface area contributed by atoms with Crippen molar-refractivity contribution in [2.24, 2.45) is 0 Å². The predicted molar refractivity (Wildman–Crippen MR) is 234 cm³/mol. The standard InChI is InChI=1S/C42H42N8O9S3/c1-43-41-45-38-34(6-5-7-35(38)60-41)33-20-21-36(61(53,54)23-22-44-42(51)52)39(37(33)40-46-48-50(47-40)26-29-12-18-32(59-4)19-13-29)62(55,56)49(24-27-8-14-30(57-2)15-9-27)25-28-10-16-31(58-3)17-11-28/h5-21,44H,22-26H2,1-4H3,(H,43,45)(H,51,52). The van der Waals surface area contributed by atoms with Crippen molar-refractivity contribution in [3.05, 3.63) is 120 Å². The average Bonchev–Trinajstić information content (AvgIpc) is 3.93. The van der Waals surface area contributed by atoms with Crippen LogP contribution in [0.1, 0.15) is 16.7 Å². The predicted octanol–water partition coefficient (Wildman–Crippen LogP) is 6.17. The Kier molecular flexibility index (Phi) is 13.0. The van der Waals surface area contributed by atoms with Gasteiger partial charge in [-0.25, -0.2) is 26.6 Å². The quantitative estimate of drug-likeness (QED) is 0.0879. The number of rotatable bonds is 18. The zero-order valence-electron chi connectivity index (χ0n) is 34.0. The second-order valence-corrected chi connectivity index (χ2v) is 18.7. The summed E-state index contributed by atoms with van der Waals surface area (Å²) in [7, 11) is -3.15. The highest BCUT2D eigenvalue weighted by atomic mass is 32.2. The molecule has 0 aliphatic heterocycles. The number of para-hydroxylation sites is 1. The number of tetrazole rings is 1. The molecule has 7 aromatic rings. The highest BCUT2D eigenvalue weighted by molar-refractivity contribution is 7.93. The van der Waals surface area contributed by atoms with E-state index in [0.717, 1.165) is 10.3 Å². The van der Waals surface area contributed by atoms with E-state index < -0.39 is 48.0 Å². The molecule has 7 rings (SSSR count). The number of hydrogen-bond donors (Lipinski definition) is 3. The molecular formula is C42H42N8O9S3. The van der Waals surface area contributed by atoms with Gasteiger partial charge in [-0.1, -0.05) is 65.9 Å². The smallest absolute Gasteiger partial charge is 0.404 e. The first-order valence-electron chi connectivity index (χ1n) is 18.9. The zero-order chi connectivity index (χ0) is 44.0. The summed E-state index contributed by atoms with van der Waals surface area (Å²) < 4.78 is 78.7. The van der Waals surface area contributed by atoms with Crippen molar-refractivity contribution in [3.63, 3.8) is 0 Å². The summed E-state index contributed by atoms with van der Waals surface area (Å²) in [6.45, 7) is -0.794. The van der Waals surface area contributed by atoms with Crippen LogP contribution in [0.2, 0.25) is 0 Å². The van der Waals surface area contributed by atoms with Gasteiger partial charge < -0.3 is 30.0 Å². The molecule has 0 aliphatic carbocycles. The molecule has 5 aromatic carbocycles. The monoisotopic (exact) mass is 898 g/mol. The van der Waals surface area contributed by atoms with Crippen molar-refractivity contribution in [2.75, 3.05) is 46.0 Å². The van der Waals surface area contributed by atoms with E-state index in [1.165, 1.54) is 46.8 Å². The van der Waals surface area contributed by atoms with Gasteiger partial charge in [0.2, 0.25) is 15.8 Å². The number of fused-ring (bicyclic) bond motifs is 1. The Hall–Kier alpha value is -6.61. The van der Waals surface area contributed by atoms with E-state index in [2.05, 4.69) is 20.9 Å². The van der Waals surface area contributed by atoms with Crippen molar-refractivity contribution < 1.29 is 40.9 Å².